The first-order valence-corrected chi connectivity index (χ1v) is 9.50. The SMILES string of the molecule is CCC(C)Nc1nn2c(-c3cc4ccccc4s3)cnc2c(C)c1C. The second kappa shape index (κ2) is 6.15. The molecule has 25 heavy (non-hydrogen) atoms. The number of aromatic nitrogens is 3. The number of imidazole rings is 1. The minimum atomic E-state index is 0.388. The minimum Gasteiger partial charge on any atom is -0.366 e. The van der Waals surface area contributed by atoms with Crippen molar-refractivity contribution in [2.45, 2.75) is 40.2 Å². The van der Waals surface area contributed by atoms with Crippen LogP contribution in [0.25, 0.3) is 26.3 Å². The van der Waals surface area contributed by atoms with Crippen molar-refractivity contribution in [2.75, 3.05) is 5.32 Å². The van der Waals surface area contributed by atoms with Gasteiger partial charge in [-0.2, -0.15) is 0 Å². The van der Waals surface area contributed by atoms with Crippen LogP contribution < -0.4 is 5.32 Å². The second-order valence-electron chi connectivity index (χ2n) is 6.58. The Hall–Kier alpha value is -2.40. The van der Waals surface area contributed by atoms with Crippen molar-refractivity contribution in [2.24, 2.45) is 0 Å². The summed E-state index contributed by atoms with van der Waals surface area (Å²) in [6.07, 6.45) is 3.00. The highest BCUT2D eigenvalue weighted by atomic mass is 32.1. The van der Waals surface area contributed by atoms with Crippen LogP contribution in [0, 0.1) is 13.8 Å². The van der Waals surface area contributed by atoms with Gasteiger partial charge >= 0.3 is 0 Å². The number of nitrogens with one attached hydrogen (secondary N) is 1. The van der Waals surface area contributed by atoms with Gasteiger partial charge in [0.2, 0.25) is 0 Å². The van der Waals surface area contributed by atoms with Crippen molar-refractivity contribution < 1.29 is 0 Å². The Morgan fingerprint density at radius 2 is 2.00 bits per heavy atom. The molecule has 1 atom stereocenters. The van der Waals surface area contributed by atoms with Gasteiger partial charge in [0.25, 0.3) is 0 Å². The minimum absolute atomic E-state index is 0.388. The molecule has 0 saturated heterocycles. The van der Waals surface area contributed by atoms with E-state index in [0.29, 0.717) is 6.04 Å². The van der Waals surface area contributed by atoms with Gasteiger partial charge in [-0.25, -0.2) is 9.50 Å². The predicted molar refractivity (Wildman–Crippen MR) is 107 cm³/mol. The van der Waals surface area contributed by atoms with Gasteiger partial charge in [-0.1, -0.05) is 25.1 Å². The van der Waals surface area contributed by atoms with Gasteiger partial charge in [-0.15, -0.1) is 16.4 Å². The van der Waals surface area contributed by atoms with Gasteiger partial charge in [0.05, 0.1) is 11.1 Å². The Labute approximate surface area is 151 Å². The summed E-state index contributed by atoms with van der Waals surface area (Å²) in [5, 5.41) is 9.67. The van der Waals surface area contributed by atoms with E-state index in [1.807, 2.05) is 10.7 Å². The Kier molecular flexibility index (Phi) is 3.96. The fourth-order valence-corrected chi connectivity index (χ4v) is 4.03. The summed E-state index contributed by atoms with van der Waals surface area (Å²) in [4.78, 5) is 5.84. The molecule has 0 fully saturated rings. The molecule has 3 heterocycles. The van der Waals surface area contributed by atoms with E-state index >= 15 is 0 Å². The first-order valence-electron chi connectivity index (χ1n) is 8.69. The number of benzene rings is 1. The molecule has 3 aromatic heterocycles. The van der Waals surface area contributed by atoms with Crippen molar-refractivity contribution in [3.8, 4) is 10.6 Å². The molecule has 1 unspecified atom stereocenters. The number of thiophene rings is 1. The van der Waals surface area contributed by atoms with Crippen LogP contribution in [-0.4, -0.2) is 20.6 Å². The molecule has 1 N–H and O–H groups in total. The molecule has 0 aliphatic carbocycles. The zero-order chi connectivity index (χ0) is 17.6. The molecule has 0 saturated carbocycles. The molecule has 0 aliphatic heterocycles. The third-order valence-corrected chi connectivity index (χ3v) is 6.00. The number of hydrogen-bond acceptors (Lipinski definition) is 4. The van der Waals surface area contributed by atoms with E-state index in [0.717, 1.165) is 23.6 Å². The molecule has 0 bridgehead atoms. The summed E-state index contributed by atoms with van der Waals surface area (Å²) in [7, 11) is 0. The fraction of sp³-hybridized carbons (Fsp3) is 0.300. The van der Waals surface area contributed by atoms with Gasteiger partial charge in [0.1, 0.15) is 5.69 Å². The van der Waals surface area contributed by atoms with Crippen LogP contribution in [0.5, 0.6) is 0 Å². The van der Waals surface area contributed by atoms with Gasteiger partial charge in [-0.05, 0) is 50.3 Å². The molecule has 5 heteroatoms. The molecule has 0 aliphatic rings. The quantitative estimate of drug-likeness (QED) is 0.533. The number of aryl methyl sites for hydroxylation is 1. The van der Waals surface area contributed by atoms with E-state index in [9.17, 15) is 0 Å². The van der Waals surface area contributed by atoms with E-state index in [1.165, 1.54) is 26.1 Å². The standard InChI is InChI=1S/C20H22N4S/c1-5-12(2)22-19-13(3)14(4)20-21-11-16(24(20)23-19)18-10-15-8-6-7-9-17(15)25-18/h6-12H,5H2,1-4H3,(H,22,23). The Bertz CT molecular complexity index is 1030. The Balaban J connectivity index is 1.90. The van der Waals surface area contributed by atoms with Crippen LogP contribution >= 0.6 is 11.3 Å². The monoisotopic (exact) mass is 350 g/mol. The molecular formula is C20H22N4S. The zero-order valence-electron chi connectivity index (χ0n) is 15.0. The lowest BCUT2D eigenvalue weighted by molar-refractivity contribution is 0.749. The smallest absolute Gasteiger partial charge is 0.157 e. The lowest BCUT2D eigenvalue weighted by Crippen LogP contribution is -2.17. The molecular weight excluding hydrogens is 328 g/mol. The first-order chi connectivity index (χ1) is 12.1. The van der Waals surface area contributed by atoms with Crippen molar-refractivity contribution in [1.29, 1.82) is 0 Å². The first kappa shape index (κ1) is 16.1. The predicted octanol–water partition coefficient (Wildman–Crippen LogP) is 5.44. The summed E-state index contributed by atoms with van der Waals surface area (Å²) in [5.74, 6) is 0.944. The topological polar surface area (TPSA) is 42.2 Å². The Morgan fingerprint density at radius 1 is 1.20 bits per heavy atom. The molecule has 4 nitrogen and oxygen atoms in total. The van der Waals surface area contributed by atoms with Crippen LogP contribution in [-0.2, 0) is 0 Å². The summed E-state index contributed by atoms with van der Waals surface area (Å²) in [5.41, 5.74) is 4.32. The highest BCUT2D eigenvalue weighted by molar-refractivity contribution is 7.22. The molecule has 0 amide bonds. The van der Waals surface area contributed by atoms with Crippen LogP contribution in [0.3, 0.4) is 0 Å². The number of fused-ring (bicyclic) bond motifs is 2. The lowest BCUT2D eigenvalue weighted by Gasteiger charge is -2.16. The lowest BCUT2D eigenvalue weighted by atomic mass is 10.1. The van der Waals surface area contributed by atoms with E-state index in [-0.39, 0.29) is 0 Å². The van der Waals surface area contributed by atoms with Crippen molar-refractivity contribution >= 4 is 32.9 Å². The number of rotatable bonds is 4. The highest BCUT2D eigenvalue weighted by Gasteiger charge is 2.16. The van der Waals surface area contributed by atoms with Crippen LogP contribution in [0.1, 0.15) is 31.4 Å². The summed E-state index contributed by atoms with van der Waals surface area (Å²) in [6, 6.07) is 11.1. The molecule has 4 aromatic rings. The van der Waals surface area contributed by atoms with E-state index in [2.05, 4.69) is 68.3 Å². The van der Waals surface area contributed by atoms with Crippen LogP contribution in [0.15, 0.2) is 36.5 Å². The second-order valence-corrected chi connectivity index (χ2v) is 7.66. The van der Waals surface area contributed by atoms with Gasteiger partial charge in [-0.3, -0.25) is 0 Å². The maximum absolute atomic E-state index is 4.88. The molecule has 4 rings (SSSR count). The average Bonchev–Trinajstić information content (AvgIpc) is 3.22. The zero-order valence-corrected chi connectivity index (χ0v) is 15.8. The molecule has 0 radical (unpaired) electrons. The average molecular weight is 350 g/mol. The number of nitrogens with zero attached hydrogens (tertiary/aromatic N) is 3. The maximum atomic E-state index is 4.88. The van der Waals surface area contributed by atoms with Gasteiger partial charge in [0, 0.05) is 16.3 Å². The van der Waals surface area contributed by atoms with Crippen molar-refractivity contribution in [3.05, 3.63) is 47.7 Å². The van der Waals surface area contributed by atoms with Crippen molar-refractivity contribution in [3.63, 3.8) is 0 Å². The Morgan fingerprint density at radius 3 is 2.76 bits per heavy atom. The summed E-state index contributed by atoms with van der Waals surface area (Å²) in [6.45, 7) is 8.59. The number of anilines is 1. The van der Waals surface area contributed by atoms with E-state index in [1.54, 1.807) is 11.3 Å². The van der Waals surface area contributed by atoms with Crippen LogP contribution in [0.4, 0.5) is 5.82 Å². The van der Waals surface area contributed by atoms with Gasteiger partial charge < -0.3 is 5.32 Å². The third-order valence-electron chi connectivity index (χ3n) is 4.86. The summed E-state index contributed by atoms with van der Waals surface area (Å²) >= 11 is 1.78. The third kappa shape index (κ3) is 2.68. The molecule has 1 aromatic carbocycles. The van der Waals surface area contributed by atoms with Gasteiger partial charge in [0.15, 0.2) is 11.5 Å². The summed E-state index contributed by atoms with van der Waals surface area (Å²) < 4.78 is 3.27. The largest absolute Gasteiger partial charge is 0.366 e. The molecule has 128 valence electrons. The van der Waals surface area contributed by atoms with E-state index in [4.69, 9.17) is 5.10 Å². The maximum Gasteiger partial charge on any atom is 0.157 e. The van der Waals surface area contributed by atoms with E-state index < -0.39 is 0 Å². The highest BCUT2D eigenvalue weighted by Crippen LogP contribution is 2.34. The molecule has 0 spiro atoms. The normalized spacial score (nSPS) is 12.8. The fourth-order valence-electron chi connectivity index (χ4n) is 2.97. The van der Waals surface area contributed by atoms with Crippen molar-refractivity contribution in [1.82, 2.24) is 14.6 Å². The van der Waals surface area contributed by atoms with Crippen LogP contribution in [0.2, 0.25) is 0 Å². The number of hydrogen-bond donors (Lipinski definition) is 1.